The first-order valence-electron chi connectivity index (χ1n) is 6.54. The Morgan fingerprint density at radius 2 is 2.17 bits per heavy atom. The molecule has 0 saturated heterocycles. The number of primary amides is 1. The number of carbonyl (C=O) groups is 1. The molecule has 18 heavy (non-hydrogen) atoms. The van der Waals surface area contributed by atoms with Crippen molar-refractivity contribution in [2.45, 2.75) is 32.2 Å². The molecule has 1 aliphatic carbocycles. The van der Waals surface area contributed by atoms with Gasteiger partial charge in [-0.3, -0.25) is 4.79 Å². The lowest BCUT2D eigenvalue weighted by molar-refractivity contribution is 0.100. The molecule has 0 bridgehead atoms. The first-order valence-corrected chi connectivity index (χ1v) is 6.54. The van der Waals surface area contributed by atoms with E-state index in [2.05, 4.69) is 10.6 Å². The van der Waals surface area contributed by atoms with Crippen LogP contribution in [0.25, 0.3) is 0 Å². The number of aryl methyl sites for hydroxylation is 1. The normalized spacial score (nSPS) is 14.5. The minimum atomic E-state index is -0.381. The van der Waals surface area contributed by atoms with E-state index in [1.54, 1.807) is 6.07 Å². The number of amides is 1. The van der Waals surface area contributed by atoms with E-state index in [1.165, 1.54) is 12.8 Å². The fraction of sp³-hybridized carbons (Fsp3) is 0.500. The second kappa shape index (κ2) is 5.87. The molecule has 0 aromatic heterocycles. The van der Waals surface area contributed by atoms with Crippen LogP contribution in [0.4, 0.5) is 5.69 Å². The monoisotopic (exact) mass is 247 g/mol. The summed E-state index contributed by atoms with van der Waals surface area (Å²) in [6.45, 7) is 3.88. The Bertz CT molecular complexity index is 427. The number of nitrogens with two attached hydrogens (primary N) is 1. The maximum absolute atomic E-state index is 11.3. The molecule has 4 heteroatoms. The highest BCUT2D eigenvalue weighted by molar-refractivity contribution is 5.98. The Hall–Kier alpha value is -1.55. The van der Waals surface area contributed by atoms with E-state index in [4.69, 9.17) is 5.73 Å². The van der Waals surface area contributed by atoms with Gasteiger partial charge in [0.25, 0.3) is 5.91 Å². The predicted molar refractivity (Wildman–Crippen MR) is 73.8 cm³/mol. The Kier molecular flexibility index (Phi) is 4.20. The van der Waals surface area contributed by atoms with Crippen LogP contribution in [-0.4, -0.2) is 25.0 Å². The molecule has 1 aliphatic rings. The second-order valence-corrected chi connectivity index (χ2v) is 4.92. The Morgan fingerprint density at radius 3 is 2.83 bits per heavy atom. The van der Waals surface area contributed by atoms with Gasteiger partial charge in [0.2, 0.25) is 0 Å². The van der Waals surface area contributed by atoms with Crippen molar-refractivity contribution in [2.24, 2.45) is 5.73 Å². The van der Waals surface area contributed by atoms with Crippen LogP contribution in [0.5, 0.6) is 0 Å². The van der Waals surface area contributed by atoms with Gasteiger partial charge in [0.1, 0.15) is 0 Å². The zero-order valence-electron chi connectivity index (χ0n) is 10.8. The smallest absolute Gasteiger partial charge is 0.250 e. The van der Waals surface area contributed by atoms with Crippen molar-refractivity contribution in [2.75, 3.05) is 18.4 Å². The lowest BCUT2D eigenvalue weighted by atomic mass is 10.1. The van der Waals surface area contributed by atoms with E-state index in [0.717, 1.165) is 36.8 Å². The summed E-state index contributed by atoms with van der Waals surface area (Å²) in [5, 5.41) is 6.75. The molecule has 0 spiro atoms. The van der Waals surface area contributed by atoms with Gasteiger partial charge in [0, 0.05) is 18.3 Å². The number of rotatable bonds is 7. The average Bonchev–Trinajstić information content (AvgIpc) is 3.12. The summed E-state index contributed by atoms with van der Waals surface area (Å²) in [6, 6.07) is 6.40. The van der Waals surface area contributed by atoms with Crippen molar-refractivity contribution in [3.05, 3.63) is 29.3 Å². The molecule has 98 valence electrons. The van der Waals surface area contributed by atoms with Crippen LogP contribution < -0.4 is 16.4 Å². The van der Waals surface area contributed by atoms with Gasteiger partial charge in [-0.25, -0.2) is 0 Å². The van der Waals surface area contributed by atoms with Crippen molar-refractivity contribution in [3.8, 4) is 0 Å². The third kappa shape index (κ3) is 3.74. The van der Waals surface area contributed by atoms with Gasteiger partial charge in [-0.1, -0.05) is 6.07 Å². The molecular formula is C14H21N3O. The Balaban J connectivity index is 1.82. The lowest BCUT2D eigenvalue weighted by Gasteiger charge is -2.11. The van der Waals surface area contributed by atoms with Gasteiger partial charge in [-0.05, 0) is 50.4 Å². The molecule has 4 nitrogen and oxygen atoms in total. The van der Waals surface area contributed by atoms with E-state index in [-0.39, 0.29) is 5.91 Å². The first kappa shape index (κ1) is 12.9. The molecule has 0 unspecified atom stereocenters. The summed E-state index contributed by atoms with van der Waals surface area (Å²) >= 11 is 0. The number of hydrogen-bond donors (Lipinski definition) is 3. The molecule has 1 saturated carbocycles. The quantitative estimate of drug-likeness (QED) is 0.642. The summed E-state index contributed by atoms with van der Waals surface area (Å²) in [7, 11) is 0. The van der Waals surface area contributed by atoms with Gasteiger partial charge in [0.05, 0.1) is 5.56 Å². The van der Waals surface area contributed by atoms with Gasteiger partial charge < -0.3 is 16.4 Å². The molecule has 0 atom stereocenters. The van der Waals surface area contributed by atoms with Crippen LogP contribution >= 0.6 is 0 Å². The van der Waals surface area contributed by atoms with Gasteiger partial charge in [-0.2, -0.15) is 0 Å². The highest BCUT2D eigenvalue weighted by atomic mass is 16.1. The fourth-order valence-corrected chi connectivity index (χ4v) is 1.92. The van der Waals surface area contributed by atoms with Crippen LogP contribution in [0, 0.1) is 6.92 Å². The maximum atomic E-state index is 11.3. The van der Waals surface area contributed by atoms with Crippen LogP contribution in [0.2, 0.25) is 0 Å². The number of anilines is 1. The topological polar surface area (TPSA) is 67.2 Å². The third-order valence-electron chi connectivity index (χ3n) is 3.12. The van der Waals surface area contributed by atoms with Crippen LogP contribution in [0.15, 0.2) is 18.2 Å². The van der Waals surface area contributed by atoms with Crippen molar-refractivity contribution in [1.82, 2.24) is 5.32 Å². The number of nitrogens with one attached hydrogen (secondary N) is 2. The van der Waals surface area contributed by atoms with E-state index < -0.39 is 0 Å². The fourth-order valence-electron chi connectivity index (χ4n) is 1.92. The summed E-state index contributed by atoms with van der Waals surface area (Å²) < 4.78 is 0. The second-order valence-electron chi connectivity index (χ2n) is 4.92. The molecule has 1 aromatic carbocycles. The predicted octanol–water partition coefficient (Wildman–Crippen LogP) is 1.65. The average molecular weight is 247 g/mol. The molecule has 0 heterocycles. The molecule has 1 amide bonds. The van der Waals surface area contributed by atoms with Crippen molar-refractivity contribution in [1.29, 1.82) is 0 Å². The molecule has 4 N–H and O–H groups in total. The van der Waals surface area contributed by atoms with Crippen LogP contribution in [-0.2, 0) is 0 Å². The summed E-state index contributed by atoms with van der Waals surface area (Å²) in [5.41, 5.74) is 7.88. The minimum absolute atomic E-state index is 0.381. The van der Waals surface area contributed by atoms with Gasteiger partial charge >= 0.3 is 0 Å². The van der Waals surface area contributed by atoms with E-state index in [9.17, 15) is 4.79 Å². The van der Waals surface area contributed by atoms with Crippen molar-refractivity contribution in [3.63, 3.8) is 0 Å². The van der Waals surface area contributed by atoms with E-state index >= 15 is 0 Å². The van der Waals surface area contributed by atoms with Gasteiger partial charge in [0.15, 0.2) is 0 Å². The molecular weight excluding hydrogens is 226 g/mol. The highest BCUT2D eigenvalue weighted by Crippen LogP contribution is 2.19. The largest absolute Gasteiger partial charge is 0.384 e. The number of carbonyl (C=O) groups excluding carboxylic acids is 1. The third-order valence-corrected chi connectivity index (χ3v) is 3.12. The molecule has 0 radical (unpaired) electrons. The molecule has 2 rings (SSSR count). The van der Waals surface area contributed by atoms with Crippen molar-refractivity contribution < 1.29 is 4.79 Å². The zero-order valence-corrected chi connectivity index (χ0v) is 10.8. The van der Waals surface area contributed by atoms with E-state index in [1.807, 2.05) is 19.1 Å². The summed E-state index contributed by atoms with van der Waals surface area (Å²) in [5.74, 6) is -0.381. The number of benzene rings is 1. The zero-order chi connectivity index (χ0) is 13.0. The molecule has 1 fully saturated rings. The molecule has 1 aromatic rings. The summed E-state index contributed by atoms with van der Waals surface area (Å²) in [4.78, 5) is 11.3. The van der Waals surface area contributed by atoms with Crippen molar-refractivity contribution >= 4 is 11.6 Å². The molecule has 0 aliphatic heterocycles. The first-order chi connectivity index (χ1) is 8.66. The Morgan fingerprint density at radius 1 is 1.39 bits per heavy atom. The minimum Gasteiger partial charge on any atom is -0.384 e. The van der Waals surface area contributed by atoms with Gasteiger partial charge in [-0.15, -0.1) is 0 Å². The maximum Gasteiger partial charge on any atom is 0.250 e. The van der Waals surface area contributed by atoms with Crippen LogP contribution in [0.3, 0.4) is 0 Å². The standard InChI is InChI=1S/C14H21N3O/c1-10-3-6-12(14(15)18)13(9-10)17-8-2-7-16-11-4-5-11/h3,6,9,11,16-17H,2,4-5,7-8H2,1H3,(H2,15,18). The highest BCUT2D eigenvalue weighted by Gasteiger charge is 2.19. The van der Waals surface area contributed by atoms with E-state index in [0.29, 0.717) is 5.56 Å². The van der Waals surface area contributed by atoms with Crippen LogP contribution in [0.1, 0.15) is 35.2 Å². The summed E-state index contributed by atoms with van der Waals surface area (Å²) in [6.07, 6.45) is 3.68. The lowest BCUT2D eigenvalue weighted by Crippen LogP contribution is -2.21. The Labute approximate surface area is 108 Å². The SMILES string of the molecule is Cc1ccc(C(N)=O)c(NCCCNC2CC2)c1. The number of hydrogen-bond acceptors (Lipinski definition) is 3.